The monoisotopic (exact) mass is 374 g/mol. The molecule has 6 nitrogen and oxygen atoms in total. The van der Waals surface area contributed by atoms with Crippen LogP contribution in [-0.4, -0.2) is 51.5 Å². The van der Waals surface area contributed by atoms with Crippen LogP contribution < -0.4 is 9.62 Å². The Morgan fingerprint density at radius 3 is 2.15 bits per heavy atom. The van der Waals surface area contributed by atoms with Crippen LogP contribution in [0.15, 0.2) is 35.4 Å². The second kappa shape index (κ2) is 7.25. The van der Waals surface area contributed by atoms with E-state index in [9.17, 15) is 8.42 Å². The molecule has 0 unspecified atom stereocenters. The maximum Gasteiger partial charge on any atom is 0.263 e. The van der Waals surface area contributed by atoms with Crippen molar-refractivity contribution in [2.24, 2.45) is 0 Å². The molecular formula is C19H26N4O2S. The summed E-state index contributed by atoms with van der Waals surface area (Å²) in [4.78, 5) is 9.20. The molecule has 0 atom stereocenters. The van der Waals surface area contributed by atoms with Gasteiger partial charge in [-0.3, -0.25) is 4.72 Å². The first-order chi connectivity index (χ1) is 12.3. The molecule has 1 aromatic carbocycles. The lowest BCUT2D eigenvalue weighted by atomic mass is 10.1. The maximum atomic E-state index is 12.8. The first kappa shape index (κ1) is 18.7. The van der Waals surface area contributed by atoms with Gasteiger partial charge in [0.05, 0.1) is 16.8 Å². The first-order valence-electron chi connectivity index (χ1n) is 8.76. The molecule has 0 radical (unpaired) electrons. The molecule has 3 rings (SSSR count). The normalized spacial score (nSPS) is 15.9. The van der Waals surface area contributed by atoms with E-state index < -0.39 is 10.0 Å². The molecule has 1 fully saturated rings. The van der Waals surface area contributed by atoms with Gasteiger partial charge in [-0.15, -0.1) is 0 Å². The lowest BCUT2D eigenvalue weighted by Gasteiger charge is -2.33. The van der Waals surface area contributed by atoms with Crippen LogP contribution in [0.1, 0.15) is 16.7 Å². The van der Waals surface area contributed by atoms with Crippen LogP contribution in [0.3, 0.4) is 0 Å². The Bertz CT molecular complexity index is 863. The summed E-state index contributed by atoms with van der Waals surface area (Å²) in [5.74, 6) is 0.335. The summed E-state index contributed by atoms with van der Waals surface area (Å²) in [7, 11) is -1.56. The van der Waals surface area contributed by atoms with Crippen molar-refractivity contribution in [1.29, 1.82) is 0 Å². The summed E-state index contributed by atoms with van der Waals surface area (Å²) in [6.07, 6.45) is 1.73. The molecule has 0 saturated carbocycles. The highest BCUT2D eigenvalue weighted by Gasteiger charge is 2.21. The van der Waals surface area contributed by atoms with Gasteiger partial charge in [0.2, 0.25) is 0 Å². The highest BCUT2D eigenvalue weighted by molar-refractivity contribution is 7.92. The minimum Gasteiger partial charge on any atom is -0.368 e. The molecule has 1 aliphatic rings. The van der Waals surface area contributed by atoms with Gasteiger partial charge in [-0.1, -0.05) is 17.7 Å². The Hall–Kier alpha value is -2.12. The molecule has 2 heterocycles. The largest absolute Gasteiger partial charge is 0.368 e. The zero-order valence-electron chi connectivity index (χ0n) is 15.8. The van der Waals surface area contributed by atoms with Gasteiger partial charge in [0.15, 0.2) is 0 Å². The third-order valence-electron chi connectivity index (χ3n) is 4.73. The van der Waals surface area contributed by atoms with Crippen molar-refractivity contribution >= 4 is 21.5 Å². The molecule has 7 heteroatoms. The minimum absolute atomic E-state index is 0.327. The number of benzene rings is 1. The van der Waals surface area contributed by atoms with Crippen LogP contribution >= 0.6 is 0 Å². The predicted molar refractivity (Wildman–Crippen MR) is 105 cm³/mol. The topological polar surface area (TPSA) is 65.5 Å². The zero-order chi connectivity index (χ0) is 18.9. The Morgan fingerprint density at radius 1 is 1.00 bits per heavy atom. The van der Waals surface area contributed by atoms with E-state index >= 15 is 0 Å². The predicted octanol–water partition coefficient (Wildman–Crippen LogP) is 2.56. The van der Waals surface area contributed by atoms with Crippen molar-refractivity contribution in [2.75, 3.05) is 42.8 Å². The van der Waals surface area contributed by atoms with E-state index in [-0.39, 0.29) is 0 Å². The number of nitrogens with one attached hydrogen (secondary N) is 1. The quantitative estimate of drug-likeness (QED) is 0.891. The van der Waals surface area contributed by atoms with E-state index in [1.54, 1.807) is 12.3 Å². The molecule has 1 saturated heterocycles. The maximum absolute atomic E-state index is 12.8. The second-order valence-corrected chi connectivity index (χ2v) is 8.64. The summed E-state index contributed by atoms with van der Waals surface area (Å²) >= 11 is 0. The number of likely N-dealkylation sites (N-methyl/N-ethyl adjacent to an activating group) is 1. The first-order valence-corrected chi connectivity index (χ1v) is 10.2. The highest BCUT2D eigenvalue weighted by atomic mass is 32.2. The molecule has 140 valence electrons. The summed E-state index contributed by atoms with van der Waals surface area (Å²) in [5, 5.41) is 0. The van der Waals surface area contributed by atoms with Gasteiger partial charge >= 0.3 is 0 Å². The molecule has 26 heavy (non-hydrogen) atoms. The molecule has 0 spiro atoms. The fraction of sp³-hybridized carbons (Fsp3) is 0.421. The molecule has 0 amide bonds. The van der Waals surface area contributed by atoms with Gasteiger partial charge in [-0.05, 0) is 51.1 Å². The number of aryl methyl sites for hydroxylation is 3. The van der Waals surface area contributed by atoms with Crippen molar-refractivity contribution in [3.8, 4) is 0 Å². The fourth-order valence-corrected chi connectivity index (χ4v) is 4.94. The minimum atomic E-state index is -3.67. The van der Waals surface area contributed by atoms with Crippen molar-refractivity contribution in [3.63, 3.8) is 0 Å². The number of sulfonamides is 1. The number of pyridine rings is 1. The Balaban J connectivity index is 1.78. The van der Waals surface area contributed by atoms with E-state index in [0.29, 0.717) is 10.7 Å². The molecule has 0 aliphatic carbocycles. The molecule has 2 aromatic rings. The third kappa shape index (κ3) is 3.99. The van der Waals surface area contributed by atoms with E-state index in [0.717, 1.165) is 48.6 Å². The smallest absolute Gasteiger partial charge is 0.263 e. The Labute approximate surface area is 155 Å². The van der Waals surface area contributed by atoms with E-state index in [1.165, 1.54) is 0 Å². The zero-order valence-corrected chi connectivity index (χ0v) is 16.6. The van der Waals surface area contributed by atoms with Gasteiger partial charge in [-0.2, -0.15) is 0 Å². The summed E-state index contributed by atoms with van der Waals surface area (Å²) in [6.45, 7) is 9.52. The second-order valence-electron chi connectivity index (χ2n) is 7.03. The molecule has 1 aliphatic heterocycles. The number of aromatic nitrogens is 1. The van der Waals surface area contributed by atoms with Gasteiger partial charge in [0, 0.05) is 26.2 Å². The standard InChI is InChI=1S/C19H26N4O2S/c1-14-11-15(2)19(16(3)12-14)26(24,25)21-18-6-5-17(13-20-18)23-9-7-22(4)8-10-23/h5-6,11-13H,7-10H2,1-4H3,(H,20,21). The number of anilines is 2. The van der Waals surface area contributed by atoms with Crippen LogP contribution in [0.4, 0.5) is 11.5 Å². The lowest BCUT2D eigenvalue weighted by Crippen LogP contribution is -2.44. The summed E-state index contributed by atoms with van der Waals surface area (Å²) in [5.41, 5.74) is 3.55. The molecule has 0 bridgehead atoms. The highest BCUT2D eigenvalue weighted by Crippen LogP contribution is 2.24. The van der Waals surface area contributed by atoms with Gasteiger partial charge in [0.1, 0.15) is 5.82 Å². The summed E-state index contributed by atoms with van der Waals surface area (Å²) < 4.78 is 28.2. The van der Waals surface area contributed by atoms with E-state index in [4.69, 9.17) is 0 Å². The molecule has 1 N–H and O–H groups in total. The van der Waals surface area contributed by atoms with Crippen LogP contribution in [0.5, 0.6) is 0 Å². The number of hydrogen-bond acceptors (Lipinski definition) is 5. The van der Waals surface area contributed by atoms with Gasteiger partial charge < -0.3 is 9.80 Å². The molecule has 1 aromatic heterocycles. The number of rotatable bonds is 4. The van der Waals surface area contributed by atoms with Crippen molar-refractivity contribution in [3.05, 3.63) is 47.2 Å². The molecular weight excluding hydrogens is 348 g/mol. The average Bonchev–Trinajstić information content (AvgIpc) is 2.54. The van der Waals surface area contributed by atoms with Crippen LogP contribution in [0, 0.1) is 20.8 Å². The van der Waals surface area contributed by atoms with Crippen molar-refractivity contribution in [2.45, 2.75) is 25.7 Å². The summed E-state index contributed by atoms with van der Waals surface area (Å²) in [6, 6.07) is 7.41. The van der Waals surface area contributed by atoms with Crippen molar-refractivity contribution in [1.82, 2.24) is 9.88 Å². The third-order valence-corrected chi connectivity index (χ3v) is 6.39. The van der Waals surface area contributed by atoms with E-state index in [2.05, 4.69) is 26.6 Å². The van der Waals surface area contributed by atoms with Crippen molar-refractivity contribution < 1.29 is 8.42 Å². The number of nitrogens with zero attached hydrogens (tertiary/aromatic N) is 3. The van der Waals surface area contributed by atoms with Crippen LogP contribution in [0.2, 0.25) is 0 Å². The van der Waals surface area contributed by atoms with Crippen LogP contribution in [0.25, 0.3) is 0 Å². The number of piperazine rings is 1. The lowest BCUT2D eigenvalue weighted by molar-refractivity contribution is 0.313. The van der Waals surface area contributed by atoms with Gasteiger partial charge in [-0.25, -0.2) is 13.4 Å². The Kier molecular flexibility index (Phi) is 5.20. The Morgan fingerprint density at radius 2 is 1.62 bits per heavy atom. The average molecular weight is 375 g/mol. The van der Waals surface area contributed by atoms with E-state index in [1.807, 2.05) is 39.0 Å². The van der Waals surface area contributed by atoms with Gasteiger partial charge in [0.25, 0.3) is 10.0 Å². The van der Waals surface area contributed by atoms with Crippen LogP contribution in [-0.2, 0) is 10.0 Å². The number of hydrogen-bond donors (Lipinski definition) is 1. The SMILES string of the molecule is Cc1cc(C)c(S(=O)(=O)Nc2ccc(N3CCN(C)CC3)cn2)c(C)c1. The fourth-order valence-electron chi connectivity index (χ4n) is 3.48.